The van der Waals surface area contributed by atoms with Crippen molar-refractivity contribution in [2.75, 3.05) is 26.2 Å². The number of alkyl halides is 2. The van der Waals surface area contributed by atoms with E-state index in [1.807, 2.05) is 12.2 Å². The van der Waals surface area contributed by atoms with Gasteiger partial charge in [0.2, 0.25) is 0 Å². The summed E-state index contributed by atoms with van der Waals surface area (Å²) in [6.07, 6.45) is 5.80. The third kappa shape index (κ3) is 4.53. The van der Waals surface area contributed by atoms with E-state index in [4.69, 9.17) is 4.74 Å². The zero-order chi connectivity index (χ0) is 23.8. The second-order valence-electron chi connectivity index (χ2n) is 8.71. The van der Waals surface area contributed by atoms with Crippen molar-refractivity contribution in [3.63, 3.8) is 0 Å². The topological polar surface area (TPSA) is 61.8 Å². The molecule has 0 amide bonds. The van der Waals surface area contributed by atoms with Crippen LogP contribution in [0.25, 0.3) is 6.08 Å². The van der Waals surface area contributed by atoms with Gasteiger partial charge in [-0.15, -0.1) is 0 Å². The van der Waals surface area contributed by atoms with Gasteiger partial charge in [0.25, 0.3) is 5.92 Å². The lowest BCUT2D eigenvalue weighted by molar-refractivity contribution is -0.132. The number of aliphatic carboxylic acids is 1. The molecule has 0 aromatic heterocycles. The van der Waals surface area contributed by atoms with Crippen LogP contribution in [-0.4, -0.2) is 48.1 Å². The van der Waals surface area contributed by atoms with Gasteiger partial charge in [-0.3, -0.25) is 0 Å². The van der Waals surface area contributed by atoms with Crippen molar-refractivity contribution in [2.45, 2.75) is 32.7 Å². The van der Waals surface area contributed by atoms with Crippen molar-refractivity contribution in [1.82, 2.24) is 10.2 Å². The largest absolute Gasteiger partial charge is 0.496 e. The van der Waals surface area contributed by atoms with Gasteiger partial charge in [0.15, 0.2) is 0 Å². The molecule has 4 rings (SSSR count). The summed E-state index contributed by atoms with van der Waals surface area (Å²) in [6, 6.07) is 4.46. The molecule has 1 aromatic rings. The molecule has 2 N–H and O–H groups in total. The number of likely N-dealkylation sites (N-methyl/N-ethyl adjacent to an activating group) is 1. The van der Waals surface area contributed by atoms with E-state index in [-0.39, 0.29) is 30.3 Å². The number of carboxylic acids is 1. The number of halogens is 3. The number of fused-ring (bicyclic) bond motifs is 3. The number of nitrogens with zero attached hydrogens (tertiary/aromatic N) is 1. The molecule has 3 unspecified atom stereocenters. The van der Waals surface area contributed by atoms with Crippen LogP contribution in [0.3, 0.4) is 0 Å². The van der Waals surface area contributed by atoms with Crippen molar-refractivity contribution in [2.24, 2.45) is 17.8 Å². The van der Waals surface area contributed by atoms with Gasteiger partial charge >= 0.3 is 5.97 Å². The highest BCUT2D eigenvalue weighted by atomic mass is 19.3. The van der Waals surface area contributed by atoms with Crippen LogP contribution >= 0.6 is 0 Å². The lowest BCUT2D eigenvalue weighted by Crippen LogP contribution is -2.30. The number of hydrogen-bond acceptors (Lipinski definition) is 4. The van der Waals surface area contributed by atoms with Gasteiger partial charge in [0, 0.05) is 30.6 Å². The van der Waals surface area contributed by atoms with E-state index in [0.29, 0.717) is 17.7 Å². The Morgan fingerprint density at radius 2 is 2.09 bits per heavy atom. The van der Waals surface area contributed by atoms with Crippen LogP contribution in [0.4, 0.5) is 13.2 Å². The number of benzene rings is 1. The van der Waals surface area contributed by atoms with Crippen molar-refractivity contribution >= 4 is 12.0 Å². The summed E-state index contributed by atoms with van der Waals surface area (Å²) in [7, 11) is 0. The molecule has 0 radical (unpaired) electrons. The van der Waals surface area contributed by atoms with Crippen LogP contribution < -0.4 is 5.32 Å². The Hall–Kier alpha value is -2.74. The number of allylic oxidation sites excluding steroid dienone is 2. The van der Waals surface area contributed by atoms with Crippen molar-refractivity contribution in [3.8, 4) is 0 Å². The molecule has 1 saturated carbocycles. The fraction of sp³-hybridized carbons (Fsp3) is 0.480. The van der Waals surface area contributed by atoms with Crippen LogP contribution in [0, 0.1) is 23.6 Å². The van der Waals surface area contributed by atoms with Crippen LogP contribution in [0.5, 0.6) is 0 Å². The SMILES string of the molecule is CCN(CC)C/C=C\c1cc(F)ccc1CNC1=CCC2C(=C1C(=O)O)OCC1C2C1(F)F. The van der Waals surface area contributed by atoms with Gasteiger partial charge in [-0.1, -0.05) is 38.1 Å². The summed E-state index contributed by atoms with van der Waals surface area (Å²) >= 11 is 0. The van der Waals surface area contributed by atoms with E-state index < -0.39 is 29.6 Å². The fourth-order valence-corrected chi connectivity index (χ4v) is 4.88. The molecule has 2 aliphatic carbocycles. The predicted octanol–water partition coefficient (Wildman–Crippen LogP) is 4.42. The summed E-state index contributed by atoms with van der Waals surface area (Å²) < 4.78 is 47.4. The van der Waals surface area contributed by atoms with Gasteiger partial charge in [-0.2, -0.15) is 0 Å². The Balaban J connectivity index is 1.51. The second kappa shape index (κ2) is 9.25. The Morgan fingerprint density at radius 1 is 1.33 bits per heavy atom. The normalized spacial score (nSPS) is 25.4. The minimum Gasteiger partial charge on any atom is -0.496 e. The van der Waals surface area contributed by atoms with Gasteiger partial charge in [0.05, 0.1) is 12.5 Å². The molecule has 0 bridgehead atoms. The van der Waals surface area contributed by atoms with E-state index in [1.54, 1.807) is 12.1 Å². The summed E-state index contributed by atoms with van der Waals surface area (Å²) in [5, 5.41) is 12.9. The molecule has 1 saturated heterocycles. The van der Waals surface area contributed by atoms with Crippen molar-refractivity contribution in [1.29, 1.82) is 0 Å². The van der Waals surface area contributed by atoms with Crippen LogP contribution in [-0.2, 0) is 16.1 Å². The highest BCUT2D eigenvalue weighted by molar-refractivity contribution is 5.92. The minimum absolute atomic E-state index is 0.0897. The van der Waals surface area contributed by atoms with Crippen LogP contribution in [0.1, 0.15) is 31.4 Å². The summed E-state index contributed by atoms with van der Waals surface area (Å²) in [6.45, 7) is 6.81. The quantitative estimate of drug-likeness (QED) is 0.569. The van der Waals surface area contributed by atoms with Crippen molar-refractivity contribution in [3.05, 3.63) is 64.3 Å². The van der Waals surface area contributed by atoms with Gasteiger partial charge in [0.1, 0.15) is 17.1 Å². The maximum atomic E-state index is 14.0. The smallest absolute Gasteiger partial charge is 0.341 e. The summed E-state index contributed by atoms with van der Waals surface area (Å²) in [5.41, 5.74) is 1.75. The molecule has 3 aliphatic rings. The predicted molar refractivity (Wildman–Crippen MR) is 119 cm³/mol. The Kier molecular flexibility index (Phi) is 6.56. The maximum absolute atomic E-state index is 14.0. The molecule has 33 heavy (non-hydrogen) atoms. The molecular weight excluding hydrogens is 433 g/mol. The second-order valence-corrected chi connectivity index (χ2v) is 8.71. The van der Waals surface area contributed by atoms with E-state index >= 15 is 0 Å². The lowest BCUT2D eigenvalue weighted by atomic mass is 9.85. The maximum Gasteiger partial charge on any atom is 0.341 e. The zero-order valence-electron chi connectivity index (χ0n) is 18.8. The van der Waals surface area contributed by atoms with E-state index in [1.165, 1.54) is 12.1 Å². The minimum atomic E-state index is -2.80. The Morgan fingerprint density at radius 3 is 2.79 bits per heavy atom. The average molecular weight is 463 g/mol. The van der Waals surface area contributed by atoms with Gasteiger partial charge in [-0.05, 0) is 42.8 Å². The Bertz CT molecular complexity index is 1010. The molecule has 1 aromatic carbocycles. The lowest BCUT2D eigenvalue weighted by Gasteiger charge is -2.30. The fourth-order valence-electron chi connectivity index (χ4n) is 4.88. The molecule has 2 fully saturated rings. The first-order valence-electron chi connectivity index (χ1n) is 11.4. The highest BCUT2D eigenvalue weighted by Crippen LogP contribution is 2.64. The molecule has 178 valence electrons. The molecule has 0 spiro atoms. The number of carboxylic acid groups (broad SMARTS) is 1. The number of nitrogens with one attached hydrogen (secondary N) is 1. The number of rotatable bonds is 9. The first-order valence-corrected chi connectivity index (χ1v) is 11.4. The zero-order valence-corrected chi connectivity index (χ0v) is 18.8. The van der Waals surface area contributed by atoms with Crippen molar-refractivity contribution < 1.29 is 27.8 Å². The molecule has 5 nitrogen and oxygen atoms in total. The van der Waals surface area contributed by atoms with Crippen LogP contribution in [0.2, 0.25) is 0 Å². The number of hydrogen-bond donors (Lipinski definition) is 2. The monoisotopic (exact) mass is 462 g/mol. The average Bonchev–Trinajstić information content (AvgIpc) is 3.36. The van der Waals surface area contributed by atoms with Crippen LogP contribution in [0.15, 0.2) is 47.4 Å². The molecule has 8 heteroatoms. The third-order valence-corrected chi connectivity index (χ3v) is 6.89. The summed E-state index contributed by atoms with van der Waals surface area (Å²) in [5.74, 6) is -6.51. The highest BCUT2D eigenvalue weighted by Gasteiger charge is 2.73. The summed E-state index contributed by atoms with van der Waals surface area (Å²) in [4.78, 5) is 14.2. The standard InChI is InChI=1S/C25H29F3N2O3/c1-3-30(4-2)11-5-6-15-12-17(26)8-7-16(15)13-29-20-10-9-18-22-19(25(22,27)28)14-33-23(18)21(20)24(31)32/h5-8,10,12,18-19,22,29H,3-4,9,11,13-14H2,1-2H3,(H,31,32)/b6-5-. The van der Waals surface area contributed by atoms with Gasteiger partial charge in [-0.25, -0.2) is 18.0 Å². The molecule has 1 heterocycles. The third-order valence-electron chi connectivity index (χ3n) is 6.89. The van der Waals surface area contributed by atoms with E-state index in [2.05, 4.69) is 24.1 Å². The number of ether oxygens (including phenoxy) is 1. The van der Waals surface area contributed by atoms with E-state index in [0.717, 1.165) is 25.2 Å². The Labute approximate surface area is 191 Å². The van der Waals surface area contributed by atoms with Gasteiger partial charge < -0.3 is 20.1 Å². The van der Waals surface area contributed by atoms with E-state index in [9.17, 15) is 23.1 Å². The number of carbonyl (C=O) groups is 1. The molecular formula is C25H29F3N2O3. The molecule has 1 aliphatic heterocycles. The first kappa shape index (κ1) is 23.4. The first-order chi connectivity index (χ1) is 15.8. The molecule has 3 atom stereocenters.